The molecule has 0 saturated carbocycles. The molecule has 0 spiro atoms. The molecule has 3 rings (SSSR count). The standard InChI is InChI=1S/C16H11Br2NO/c17-13-3-1-2-12(8-13)16(20)10-19-7-6-11-4-5-14(18)9-15(11)19/h1-9H,10H2. The summed E-state index contributed by atoms with van der Waals surface area (Å²) in [5.41, 5.74) is 1.78. The van der Waals surface area contributed by atoms with Crippen molar-refractivity contribution in [2.75, 3.05) is 0 Å². The van der Waals surface area contributed by atoms with E-state index in [1.165, 1.54) is 0 Å². The molecule has 2 nitrogen and oxygen atoms in total. The minimum atomic E-state index is 0.101. The summed E-state index contributed by atoms with van der Waals surface area (Å²) in [6, 6.07) is 15.6. The highest BCUT2D eigenvalue weighted by Gasteiger charge is 2.09. The number of carbonyl (C=O) groups is 1. The summed E-state index contributed by atoms with van der Waals surface area (Å²) in [7, 11) is 0. The summed E-state index contributed by atoms with van der Waals surface area (Å²) in [6.07, 6.45) is 1.95. The van der Waals surface area contributed by atoms with Gasteiger partial charge in [0.15, 0.2) is 5.78 Å². The van der Waals surface area contributed by atoms with Crippen molar-refractivity contribution in [2.24, 2.45) is 0 Å². The van der Waals surface area contributed by atoms with E-state index < -0.39 is 0 Å². The van der Waals surface area contributed by atoms with Crippen molar-refractivity contribution in [1.82, 2.24) is 4.57 Å². The molecule has 0 atom stereocenters. The largest absolute Gasteiger partial charge is 0.340 e. The minimum absolute atomic E-state index is 0.101. The summed E-state index contributed by atoms with van der Waals surface area (Å²) >= 11 is 6.86. The molecule has 0 fully saturated rings. The second-order valence-corrected chi connectivity index (χ2v) is 6.41. The molecule has 20 heavy (non-hydrogen) atoms. The van der Waals surface area contributed by atoms with Crippen molar-refractivity contribution in [1.29, 1.82) is 0 Å². The van der Waals surface area contributed by atoms with Crippen LogP contribution in [0, 0.1) is 0 Å². The van der Waals surface area contributed by atoms with Crippen LogP contribution < -0.4 is 0 Å². The second-order valence-electron chi connectivity index (χ2n) is 4.58. The Bertz CT molecular complexity index is 792. The molecule has 2 aromatic carbocycles. The number of nitrogens with zero attached hydrogens (tertiary/aromatic N) is 1. The number of aromatic nitrogens is 1. The number of fused-ring (bicyclic) bond motifs is 1. The lowest BCUT2D eigenvalue weighted by atomic mass is 10.1. The van der Waals surface area contributed by atoms with Crippen LogP contribution in [0.2, 0.25) is 0 Å². The molecule has 0 unspecified atom stereocenters. The van der Waals surface area contributed by atoms with Crippen LogP contribution in [0.15, 0.2) is 63.7 Å². The molecule has 3 aromatic rings. The lowest BCUT2D eigenvalue weighted by Crippen LogP contribution is -2.09. The molecular weight excluding hydrogens is 382 g/mol. The molecule has 0 radical (unpaired) electrons. The Morgan fingerprint density at radius 3 is 2.60 bits per heavy atom. The number of Topliss-reactive ketones (excluding diaryl/α,β-unsaturated/α-hetero) is 1. The van der Waals surface area contributed by atoms with E-state index in [1.54, 1.807) is 0 Å². The molecule has 0 N–H and O–H groups in total. The monoisotopic (exact) mass is 391 g/mol. The van der Waals surface area contributed by atoms with Gasteiger partial charge in [-0.2, -0.15) is 0 Å². The Labute approximate surface area is 133 Å². The predicted molar refractivity (Wildman–Crippen MR) is 88.1 cm³/mol. The molecule has 0 saturated heterocycles. The average Bonchev–Trinajstić information content (AvgIpc) is 2.81. The lowest BCUT2D eigenvalue weighted by Gasteiger charge is -2.06. The van der Waals surface area contributed by atoms with Crippen LogP contribution in [0.1, 0.15) is 10.4 Å². The third-order valence-corrected chi connectivity index (χ3v) is 4.18. The van der Waals surface area contributed by atoms with Gasteiger partial charge in [0.05, 0.1) is 6.54 Å². The van der Waals surface area contributed by atoms with Gasteiger partial charge in [0.25, 0.3) is 0 Å². The van der Waals surface area contributed by atoms with Gasteiger partial charge in [0.2, 0.25) is 0 Å². The Hall–Kier alpha value is -1.39. The molecule has 0 aliphatic rings. The molecule has 1 aromatic heterocycles. The Morgan fingerprint density at radius 2 is 1.80 bits per heavy atom. The fourth-order valence-corrected chi connectivity index (χ4v) is 2.95. The normalized spacial score (nSPS) is 10.9. The summed E-state index contributed by atoms with van der Waals surface area (Å²) in [6.45, 7) is 0.344. The van der Waals surface area contributed by atoms with E-state index in [0.717, 1.165) is 25.4 Å². The number of hydrogen-bond donors (Lipinski definition) is 0. The van der Waals surface area contributed by atoms with E-state index >= 15 is 0 Å². The first-order valence-corrected chi connectivity index (χ1v) is 7.75. The van der Waals surface area contributed by atoms with Crippen molar-refractivity contribution in [3.8, 4) is 0 Å². The first-order chi connectivity index (χ1) is 9.63. The van der Waals surface area contributed by atoms with Crippen molar-refractivity contribution in [3.63, 3.8) is 0 Å². The summed E-state index contributed by atoms with van der Waals surface area (Å²) in [5, 5.41) is 1.13. The number of hydrogen-bond acceptors (Lipinski definition) is 1. The Kier molecular flexibility index (Phi) is 3.76. The third-order valence-electron chi connectivity index (χ3n) is 3.20. The Balaban J connectivity index is 1.93. The average molecular weight is 393 g/mol. The van der Waals surface area contributed by atoms with Gasteiger partial charge in [0.1, 0.15) is 0 Å². The van der Waals surface area contributed by atoms with E-state index in [2.05, 4.69) is 31.9 Å². The van der Waals surface area contributed by atoms with Crippen molar-refractivity contribution in [3.05, 3.63) is 69.2 Å². The van der Waals surface area contributed by atoms with Gasteiger partial charge in [-0.1, -0.05) is 50.1 Å². The molecule has 4 heteroatoms. The maximum Gasteiger partial charge on any atom is 0.182 e. The van der Waals surface area contributed by atoms with Gasteiger partial charge in [-0.25, -0.2) is 0 Å². The molecular formula is C16H11Br2NO. The van der Waals surface area contributed by atoms with E-state index in [1.807, 2.05) is 59.3 Å². The zero-order chi connectivity index (χ0) is 14.1. The highest BCUT2D eigenvalue weighted by Crippen LogP contribution is 2.21. The predicted octanol–water partition coefficient (Wildman–Crippen LogP) is 5.05. The molecule has 0 amide bonds. The highest BCUT2D eigenvalue weighted by atomic mass is 79.9. The first kappa shape index (κ1) is 13.6. The number of benzene rings is 2. The zero-order valence-electron chi connectivity index (χ0n) is 10.5. The van der Waals surface area contributed by atoms with E-state index in [-0.39, 0.29) is 5.78 Å². The van der Waals surface area contributed by atoms with Gasteiger partial charge >= 0.3 is 0 Å². The molecule has 0 aliphatic carbocycles. The molecule has 100 valence electrons. The maximum absolute atomic E-state index is 12.3. The van der Waals surface area contributed by atoms with E-state index in [0.29, 0.717) is 6.54 Å². The van der Waals surface area contributed by atoms with Crippen LogP contribution in [-0.4, -0.2) is 10.4 Å². The van der Waals surface area contributed by atoms with Crippen LogP contribution in [-0.2, 0) is 6.54 Å². The van der Waals surface area contributed by atoms with Gasteiger partial charge in [-0.15, -0.1) is 0 Å². The zero-order valence-corrected chi connectivity index (χ0v) is 13.7. The van der Waals surface area contributed by atoms with E-state index in [4.69, 9.17) is 0 Å². The van der Waals surface area contributed by atoms with Crippen LogP contribution >= 0.6 is 31.9 Å². The maximum atomic E-state index is 12.3. The quantitative estimate of drug-likeness (QED) is 0.571. The molecule has 0 bridgehead atoms. The fraction of sp³-hybridized carbons (Fsp3) is 0.0625. The summed E-state index contributed by atoms with van der Waals surface area (Å²) in [4.78, 5) is 12.3. The fourth-order valence-electron chi connectivity index (χ4n) is 2.20. The lowest BCUT2D eigenvalue weighted by molar-refractivity contribution is 0.0973. The van der Waals surface area contributed by atoms with Crippen molar-refractivity contribution >= 4 is 48.5 Å². The molecule has 1 heterocycles. The summed E-state index contributed by atoms with van der Waals surface area (Å²) in [5.74, 6) is 0.101. The number of ketones is 1. The van der Waals surface area contributed by atoms with Crippen molar-refractivity contribution < 1.29 is 4.79 Å². The van der Waals surface area contributed by atoms with Crippen LogP contribution in [0.5, 0.6) is 0 Å². The van der Waals surface area contributed by atoms with Gasteiger partial charge < -0.3 is 4.57 Å². The molecule has 0 aliphatic heterocycles. The van der Waals surface area contributed by atoms with Crippen LogP contribution in [0.4, 0.5) is 0 Å². The number of carbonyl (C=O) groups excluding carboxylic acids is 1. The van der Waals surface area contributed by atoms with Gasteiger partial charge in [0, 0.05) is 26.2 Å². The smallest absolute Gasteiger partial charge is 0.182 e. The SMILES string of the molecule is O=C(Cn1ccc2ccc(Br)cc21)c1cccc(Br)c1. The van der Waals surface area contributed by atoms with E-state index in [9.17, 15) is 4.79 Å². The minimum Gasteiger partial charge on any atom is -0.340 e. The Morgan fingerprint density at radius 1 is 1.00 bits per heavy atom. The first-order valence-electron chi connectivity index (χ1n) is 6.17. The number of halogens is 2. The van der Waals surface area contributed by atoms with Gasteiger partial charge in [-0.3, -0.25) is 4.79 Å². The topological polar surface area (TPSA) is 22.0 Å². The second kappa shape index (κ2) is 5.54. The third kappa shape index (κ3) is 2.72. The highest BCUT2D eigenvalue weighted by molar-refractivity contribution is 9.10. The van der Waals surface area contributed by atoms with Crippen LogP contribution in [0.25, 0.3) is 10.9 Å². The van der Waals surface area contributed by atoms with Crippen molar-refractivity contribution in [2.45, 2.75) is 6.54 Å². The number of rotatable bonds is 3. The van der Waals surface area contributed by atoms with Crippen LogP contribution in [0.3, 0.4) is 0 Å². The van der Waals surface area contributed by atoms with Gasteiger partial charge in [-0.05, 0) is 35.7 Å². The summed E-state index contributed by atoms with van der Waals surface area (Å²) < 4.78 is 3.91.